The van der Waals surface area contributed by atoms with Crippen molar-refractivity contribution in [1.29, 1.82) is 0 Å². The van der Waals surface area contributed by atoms with Crippen molar-refractivity contribution < 1.29 is 9.47 Å². The van der Waals surface area contributed by atoms with E-state index in [-0.39, 0.29) is 0 Å². The van der Waals surface area contributed by atoms with Gasteiger partial charge in [0.15, 0.2) is 4.34 Å². The number of ether oxygens (including phenoxy) is 2. The molecule has 1 aliphatic rings. The number of rotatable bonds is 6. The molecule has 1 aromatic carbocycles. The molecule has 1 fully saturated rings. The summed E-state index contributed by atoms with van der Waals surface area (Å²) in [6.07, 6.45) is 2.68. The molecule has 0 unspecified atom stereocenters. The van der Waals surface area contributed by atoms with E-state index in [0.29, 0.717) is 6.10 Å². The maximum atomic E-state index is 5.61. The standard InChI is InChI=1S/C14H17N3O2S2/c1-18-12-7-3-2-6-11(12)15-13-16-17-14(21-13)20-9-10-5-4-8-19-10/h2-3,6-7,10H,4-5,8-9H2,1H3,(H,15,16)/t10-/m1/s1. The zero-order valence-electron chi connectivity index (χ0n) is 11.7. The smallest absolute Gasteiger partial charge is 0.210 e. The van der Waals surface area contributed by atoms with Crippen LogP contribution in [0.25, 0.3) is 0 Å². The van der Waals surface area contributed by atoms with E-state index >= 15 is 0 Å². The highest BCUT2D eigenvalue weighted by Gasteiger charge is 2.17. The van der Waals surface area contributed by atoms with Gasteiger partial charge in [-0.3, -0.25) is 0 Å². The molecule has 0 radical (unpaired) electrons. The molecule has 2 heterocycles. The minimum absolute atomic E-state index is 0.365. The molecule has 1 N–H and O–H groups in total. The molecule has 21 heavy (non-hydrogen) atoms. The number of aromatic nitrogens is 2. The minimum Gasteiger partial charge on any atom is -0.495 e. The van der Waals surface area contributed by atoms with Gasteiger partial charge in [0.1, 0.15) is 5.75 Å². The van der Waals surface area contributed by atoms with Crippen LogP contribution in [-0.4, -0.2) is 35.8 Å². The number of benzene rings is 1. The quantitative estimate of drug-likeness (QED) is 0.820. The lowest BCUT2D eigenvalue weighted by Gasteiger charge is -2.07. The lowest BCUT2D eigenvalue weighted by molar-refractivity contribution is 0.129. The van der Waals surface area contributed by atoms with Gasteiger partial charge in [0, 0.05) is 12.4 Å². The minimum atomic E-state index is 0.365. The topological polar surface area (TPSA) is 56.3 Å². The Morgan fingerprint density at radius 2 is 2.33 bits per heavy atom. The summed E-state index contributed by atoms with van der Waals surface area (Å²) in [5.41, 5.74) is 0.895. The molecular formula is C14H17N3O2S2. The van der Waals surface area contributed by atoms with Gasteiger partial charge in [-0.2, -0.15) is 0 Å². The number of hydrogen-bond donors (Lipinski definition) is 1. The highest BCUT2D eigenvalue weighted by molar-refractivity contribution is 8.01. The van der Waals surface area contributed by atoms with Crippen LogP contribution in [0.15, 0.2) is 28.6 Å². The average Bonchev–Trinajstić information content (AvgIpc) is 3.17. The molecule has 0 saturated carbocycles. The second kappa shape index (κ2) is 7.11. The van der Waals surface area contributed by atoms with Crippen molar-refractivity contribution in [3.05, 3.63) is 24.3 Å². The third kappa shape index (κ3) is 3.87. The maximum Gasteiger partial charge on any atom is 0.210 e. The molecule has 0 aliphatic carbocycles. The monoisotopic (exact) mass is 323 g/mol. The Hall–Kier alpha value is -1.31. The first-order valence-electron chi connectivity index (χ1n) is 6.83. The Bertz CT molecular complexity index is 585. The van der Waals surface area contributed by atoms with Gasteiger partial charge in [-0.25, -0.2) is 0 Å². The Labute approximate surface area is 132 Å². The molecule has 0 amide bonds. The normalized spacial score (nSPS) is 17.9. The number of hydrogen-bond acceptors (Lipinski definition) is 7. The second-order valence-electron chi connectivity index (χ2n) is 4.64. The molecule has 2 aromatic rings. The van der Waals surface area contributed by atoms with Crippen LogP contribution in [0.1, 0.15) is 12.8 Å². The number of nitrogens with zero attached hydrogens (tertiary/aromatic N) is 2. The van der Waals surface area contributed by atoms with Gasteiger partial charge in [0.05, 0.1) is 18.9 Å². The lowest BCUT2D eigenvalue weighted by atomic mass is 10.3. The van der Waals surface area contributed by atoms with E-state index in [9.17, 15) is 0 Å². The van der Waals surface area contributed by atoms with Gasteiger partial charge in [-0.15, -0.1) is 10.2 Å². The molecule has 1 aliphatic heterocycles. The van der Waals surface area contributed by atoms with Gasteiger partial charge in [-0.05, 0) is 25.0 Å². The second-order valence-corrected chi connectivity index (χ2v) is 6.89. The van der Waals surface area contributed by atoms with E-state index in [4.69, 9.17) is 9.47 Å². The van der Waals surface area contributed by atoms with Gasteiger partial charge in [0.2, 0.25) is 5.13 Å². The summed E-state index contributed by atoms with van der Waals surface area (Å²) in [7, 11) is 1.66. The first kappa shape index (κ1) is 14.6. The van der Waals surface area contributed by atoms with Crippen LogP contribution >= 0.6 is 23.1 Å². The van der Waals surface area contributed by atoms with Crippen molar-refractivity contribution >= 4 is 33.9 Å². The Balaban J connectivity index is 1.59. The molecule has 7 heteroatoms. The summed E-state index contributed by atoms with van der Waals surface area (Å²) >= 11 is 3.26. The molecular weight excluding hydrogens is 306 g/mol. The predicted molar refractivity (Wildman–Crippen MR) is 85.9 cm³/mol. The molecule has 0 spiro atoms. The van der Waals surface area contributed by atoms with E-state index in [1.807, 2.05) is 24.3 Å². The van der Waals surface area contributed by atoms with Crippen molar-refractivity contribution in [2.24, 2.45) is 0 Å². The fraction of sp³-hybridized carbons (Fsp3) is 0.429. The Kier molecular flexibility index (Phi) is 4.95. The van der Waals surface area contributed by atoms with Crippen LogP contribution in [0.3, 0.4) is 0 Å². The van der Waals surface area contributed by atoms with E-state index in [1.165, 1.54) is 6.42 Å². The zero-order valence-corrected chi connectivity index (χ0v) is 13.4. The summed E-state index contributed by atoms with van der Waals surface area (Å²) in [4.78, 5) is 0. The summed E-state index contributed by atoms with van der Waals surface area (Å²) in [5, 5.41) is 12.4. The van der Waals surface area contributed by atoms with E-state index in [2.05, 4.69) is 15.5 Å². The summed E-state index contributed by atoms with van der Waals surface area (Å²) < 4.78 is 11.9. The van der Waals surface area contributed by atoms with Gasteiger partial charge in [0.25, 0.3) is 0 Å². The molecule has 1 saturated heterocycles. The van der Waals surface area contributed by atoms with Crippen LogP contribution in [0.2, 0.25) is 0 Å². The van der Waals surface area contributed by atoms with E-state index in [1.54, 1.807) is 30.2 Å². The largest absolute Gasteiger partial charge is 0.495 e. The maximum absolute atomic E-state index is 5.61. The van der Waals surface area contributed by atoms with Crippen molar-refractivity contribution in [3.8, 4) is 5.75 Å². The third-order valence-electron chi connectivity index (χ3n) is 3.17. The Morgan fingerprint density at radius 3 is 3.14 bits per heavy atom. The average molecular weight is 323 g/mol. The third-order valence-corrected chi connectivity index (χ3v) is 5.28. The van der Waals surface area contributed by atoms with Crippen LogP contribution in [-0.2, 0) is 4.74 Å². The summed E-state index contributed by atoms with van der Waals surface area (Å²) in [6, 6.07) is 7.77. The van der Waals surface area contributed by atoms with Crippen molar-refractivity contribution in [2.45, 2.75) is 23.3 Å². The predicted octanol–water partition coefficient (Wildman–Crippen LogP) is 3.56. The highest BCUT2D eigenvalue weighted by Crippen LogP contribution is 2.32. The highest BCUT2D eigenvalue weighted by atomic mass is 32.2. The SMILES string of the molecule is COc1ccccc1Nc1nnc(SC[C@H]2CCCO2)s1. The number of para-hydroxylation sites is 2. The molecule has 5 nitrogen and oxygen atoms in total. The van der Waals surface area contributed by atoms with Crippen LogP contribution in [0.4, 0.5) is 10.8 Å². The number of anilines is 2. The number of methoxy groups -OCH3 is 1. The summed E-state index contributed by atoms with van der Waals surface area (Å²) in [5.74, 6) is 1.74. The van der Waals surface area contributed by atoms with Crippen molar-refractivity contribution in [2.75, 3.05) is 24.8 Å². The van der Waals surface area contributed by atoms with E-state index in [0.717, 1.165) is 39.7 Å². The van der Waals surface area contributed by atoms with Crippen LogP contribution in [0, 0.1) is 0 Å². The number of nitrogens with one attached hydrogen (secondary N) is 1. The Morgan fingerprint density at radius 1 is 1.43 bits per heavy atom. The van der Waals surface area contributed by atoms with Crippen molar-refractivity contribution in [1.82, 2.24) is 10.2 Å². The molecule has 112 valence electrons. The molecule has 1 aromatic heterocycles. The molecule has 1 atom stereocenters. The van der Waals surface area contributed by atoms with Gasteiger partial charge >= 0.3 is 0 Å². The van der Waals surface area contributed by atoms with Gasteiger partial charge in [-0.1, -0.05) is 35.2 Å². The van der Waals surface area contributed by atoms with Crippen molar-refractivity contribution in [3.63, 3.8) is 0 Å². The first-order chi connectivity index (χ1) is 10.3. The van der Waals surface area contributed by atoms with Gasteiger partial charge < -0.3 is 14.8 Å². The molecule has 3 rings (SSSR count). The summed E-state index contributed by atoms with van der Waals surface area (Å²) in [6.45, 7) is 0.891. The fourth-order valence-electron chi connectivity index (χ4n) is 2.12. The van der Waals surface area contributed by atoms with E-state index < -0.39 is 0 Å². The van der Waals surface area contributed by atoms with Crippen LogP contribution < -0.4 is 10.1 Å². The first-order valence-corrected chi connectivity index (χ1v) is 8.63. The molecule has 0 bridgehead atoms. The lowest BCUT2D eigenvalue weighted by Crippen LogP contribution is -2.07. The number of thioether (sulfide) groups is 1. The fourth-order valence-corrected chi connectivity index (χ4v) is 3.98. The van der Waals surface area contributed by atoms with Crippen LogP contribution in [0.5, 0.6) is 5.75 Å². The zero-order chi connectivity index (χ0) is 14.5.